The average molecular weight is 274 g/mol. The van der Waals surface area contributed by atoms with E-state index < -0.39 is 5.60 Å². The molecule has 0 aromatic heterocycles. The van der Waals surface area contributed by atoms with E-state index in [1.807, 2.05) is 32.0 Å². The molecule has 1 aromatic rings. The minimum atomic E-state index is -0.828. The second-order valence-electron chi connectivity index (χ2n) is 5.59. The van der Waals surface area contributed by atoms with E-state index in [-0.39, 0.29) is 0 Å². The number of thioether (sulfide) groups is 1. The molecule has 1 aliphatic rings. The number of rotatable bonds is 3. The first-order valence-electron chi connectivity index (χ1n) is 7.00. The van der Waals surface area contributed by atoms with E-state index >= 15 is 0 Å². The molecular formula is C17H22OS. The molecule has 0 spiro atoms. The first-order valence-corrected chi connectivity index (χ1v) is 7.82. The van der Waals surface area contributed by atoms with Crippen molar-refractivity contribution in [2.75, 3.05) is 0 Å². The largest absolute Gasteiger partial charge is 0.385 e. The zero-order valence-electron chi connectivity index (χ0n) is 11.8. The lowest BCUT2D eigenvalue weighted by Gasteiger charge is -2.20. The third kappa shape index (κ3) is 4.58. The van der Waals surface area contributed by atoms with Crippen LogP contribution in [0.3, 0.4) is 0 Å². The Hall–Kier alpha value is -0.950. The van der Waals surface area contributed by atoms with Gasteiger partial charge in [0.1, 0.15) is 0 Å². The van der Waals surface area contributed by atoms with Crippen molar-refractivity contribution in [1.82, 2.24) is 0 Å². The van der Waals surface area contributed by atoms with Crippen LogP contribution in [0, 0.1) is 0 Å². The van der Waals surface area contributed by atoms with Crippen LogP contribution in [0.15, 0.2) is 51.4 Å². The monoisotopic (exact) mass is 274 g/mol. The lowest BCUT2D eigenvalue weighted by molar-refractivity contribution is 0.129. The highest BCUT2D eigenvalue weighted by Crippen LogP contribution is 2.34. The summed E-state index contributed by atoms with van der Waals surface area (Å²) in [6, 6.07) is 10.2. The van der Waals surface area contributed by atoms with E-state index in [0.29, 0.717) is 0 Å². The van der Waals surface area contributed by atoms with Gasteiger partial charge in [0.25, 0.3) is 0 Å². The Kier molecular flexibility index (Phi) is 4.93. The van der Waals surface area contributed by atoms with E-state index in [2.05, 4.69) is 17.9 Å². The van der Waals surface area contributed by atoms with Crippen LogP contribution < -0.4 is 0 Å². The van der Waals surface area contributed by atoms with Crippen molar-refractivity contribution in [3.05, 3.63) is 46.5 Å². The Labute approximate surface area is 120 Å². The fourth-order valence-corrected chi connectivity index (χ4v) is 3.15. The molecule has 1 N–H and O–H groups in total. The molecule has 0 saturated heterocycles. The predicted octanol–water partition coefficient (Wildman–Crippen LogP) is 4.92. The fraction of sp³-hybridized carbons (Fsp3) is 0.471. The summed E-state index contributed by atoms with van der Waals surface area (Å²) < 4.78 is 0. The summed E-state index contributed by atoms with van der Waals surface area (Å²) in [4.78, 5) is 2.08. The zero-order chi connectivity index (χ0) is 13.7. The highest BCUT2D eigenvalue weighted by molar-refractivity contribution is 8.03. The summed E-state index contributed by atoms with van der Waals surface area (Å²) in [5.41, 5.74) is 4.03. The summed E-state index contributed by atoms with van der Waals surface area (Å²) >= 11 is 1.62. The first-order chi connectivity index (χ1) is 9.05. The van der Waals surface area contributed by atoms with Crippen molar-refractivity contribution in [1.29, 1.82) is 0 Å². The van der Waals surface area contributed by atoms with E-state index in [1.165, 1.54) is 24.8 Å². The molecule has 1 saturated carbocycles. The molecule has 0 atom stereocenters. The van der Waals surface area contributed by atoms with Gasteiger partial charge in [0, 0.05) is 4.90 Å². The van der Waals surface area contributed by atoms with E-state index in [0.717, 1.165) is 22.6 Å². The van der Waals surface area contributed by atoms with Gasteiger partial charge in [-0.1, -0.05) is 36.4 Å². The van der Waals surface area contributed by atoms with Crippen LogP contribution in [0.4, 0.5) is 0 Å². The second kappa shape index (κ2) is 6.47. The van der Waals surface area contributed by atoms with Crippen LogP contribution >= 0.6 is 11.8 Å². The van der Waals surface area contributed by atoms with Crippen LogP contribution in [0.2, 0.25) is 0 Å². The number of hydrogen-bond acceptors (Lipinski definition) is 2. The van der Waals surface area contributed by atoms with Crippen molar-refractivity contribution in [2.45, 2.75) is 56.4 Å². The van der Waals surface area contributed by atoms with Crippen molar-refractivity contribution in [3.63, 3.8) is 0 Å². The molecule has 0 bridgehead atoms. The first kappa shape index (κ1) is 14.5. The van der Waals surface area contributed by atoms with Gasteiger partial charge in [-0.3, -0.25) is 0 Å². The Morgan fingerprint density at radius 1 is 1.11 bits per heavy atom. The summed E-state index contributed by atoms with van der Waals surface area (Å²) in [6.07, 6.45) is 6.12. The molecule has 2 rings (SSSR count). The Bertz CT molecular complexity index is 468. The minimum absolute atomic E-state index is 0.828. The quantitative estimate of drug-likeness (QED) is 0.623. The molecular weight excluding hydrogens is 252 g/mol. The van der Waals surface area contributed by atoms with E-state index in [4.69, 9.17) is 0 Å². The van der Waals surface area contributed by atoms with Gasteiger partial charge in [0.15, 0.2) is 0 Å². The van der Waals surface area contributed by atoms with Crippen molar-refractivity contribution in [2.24, 2.45) is 0 Å². The third-order valence-corrected chi connectivity index (χ3v) is 4.58. The maximum absolute atomic E-state index is 10.3. The van der Waals surface area contributed by atoms with Crippen LogP contribution in [-0.4, -0.2) is 10.7 Å². The lowest BCUT2D eigenvalue weighted by Crippen LogP contribution is -2.19. The third-order valence-electron chi connectivity index (χ3n) is 3.27. The standard InChI is InChI=1S/C17H22OS/c1-17(2,18)16(13-14-9-5-3-6-10-14)19-15-11-7-4-8-12-15/h4,7-8,11-12,18H,3,5-6,9-10H2,1-2H3. The Morgan fingerprint density at radius 3 is 2.32 bits per heavy atom. The smallest absolute Gasteiger partial charge is 0.0974 e. The summed E-state index contributed by atoms with van der Waals surface area (Å²) in [7, 11) is 0. The molecule has 0 heterocycles. The number of aliphatic hydroxyl groups is 1. The molecule has 1 nitrogen and oxygen atoms in total. The highest BCUT2D eigenvalue weighted by atomic mass is 32.2. The predicted molar refractivity (Wildman–Crippen MR) is 82.2 cm³/mol. The van der Waals surface area contributed by atoms with Crippen LogP contribution in [0.5, 0.6) is 0 Å². The summed E-state index contributed by atoms with van der Waals surface area (Å²) in [5, 5.41) is 10.3. The average Bonchev–Trinajstić information content (AvgIpc) is 2.39. The summed E-state index contributed by atoms with van der Waals surface area (Å²) in [6.45, 7) is 3.68. The fourth-order valence-electron chi connectivity index (χ4n) is 2.17. The minimum Gasteiger partial charge on any atom is -0.385 e. The number of benzene rings is 1. The van der Waals surface area contributed by atoms with E-state index in [1.54, 1.807) is 11.8 Å². The van der Waals surface area contributed by atoms with Gasteiger partial charge in [0.2, 0.25) is 0 Å². The number of hydrogen-bond donors (Lipinski definition) is 1. The van der Waals surface area contributed by atoms with Crippen molar-refractivity contribution >= 4 is 11.8 Å². The second-order valence-corrected chi connectivity index (χ2v) is 6.68. The Balaban J connectivity index is 2.29. The Morgan fingerprint density at radius 2 is 1.74 bits per heavy atom. The van der Waals surface area contributed by atoms with Gasteiger partial charge in [-0.2, -0.15) is 0 Å². The molecule has 0 radical (unpaired) electrons. The molecule has 1 aliphatic carbocycles. The molecule has 0 aliphatic heterocycles. The molecule has 0 unspecified atom stereocenters. The van der Waals surface area contributed by atoms with Gasteiger partial charge in [-0.15, -0.1) is 5.73 Å². The lowest BCUT2D eigenvalue weighted by atomic mass is 9.95. The van der Waals surface area contributed by atoms with Gasteiger partial charge < -0.3 is 5.11 Å². The zero-order valence-corrected chi connectivity index (χ0v) is 12.6. The topological polar surface area (TPSA) is 20.2 Å². The van der Waals surface area contributed by atoms with Gasteiger partial charge in [-0.05, 0) is 57.2 Å². The van der Waals surface area contributed by atoms with Gasteiger partial charge in [0.05, 0.1) is 10.5 Å². The van der Waals surface area contributed by atoms with E-state index in [9.17, 15) is 5.11 Å². The normalized spacial score (nSPS) is 16.1. The summed E-state index contributed by atoms with van der Waals surface area (Å²) in [5.74, 6) is 0. The van der Waals surface area contributed by atoms with Gasteiger partial charge in [-0.25, -0.2) is 0 Å². The van der Waals surface area contributed by atoms with Gasteiger partial charge >= 0.3 is 0 Å². The van der Waals surface area contributed by atoms with Crippen LogP contribution in [-0.2, 0) is 0 Å². The van der Waals surface area contributed by atoms with Crippen LogP contribution in [0.1, 0.15) is 46.0 Å². The maximum atomic E-state index is 10.3. The van der Waals surface area contributed by atoms with Crippen molar-refractivity contribution < 1.29 is 5.11 Å². The molecule has 2 heteroatoms. The SMILES string of the molecule is CC(C)(O)C(=C=C1CCCCC1)Sc1ccccc1. The molecule has 1 fully saturated rings. The maximum Gasteiger partial charge on any atom is 0.0974 e. The molecule has 0 amide bonds. The molecule has 102 valence electrons. The highest BCUT2D eigenvalue weighted by Gasteiger charge is 2.21. The van der Waals surface area contributed by atoms with Crippen molar-refractivity contribution in [3.8, 4) is 0 Å². The van der Waals surface area contributed by atoms with Crippen LogP contribution in [0.25, 0.3) is 0 Å². The molecule has 19 heavy (non-hydrogen) atoms. The molecule has 1 aromatic carbocycles.